The molecule has 0 aliphatic rings. The number of nitrogens with zero attached hydrogens (tertiary/aromatic N) is 1. The van der Waals surface area contributed by atoms with Crippen LogP contribution < -0.4 is 5.32 Å². The summed E-state index contributed by atoms with van der Waals surface area (Å²) in [5.41, 5.74) is 1.63. The second-order valence-corrected chi connectivity index (χ2v) is 10.7. The van der Waals surface area contributed by atoms with Crippen LogP contribution >= 0.6 is 0 Å². The van der Waals surface area contributed by atoms with E-state index in [1.165, 1.54) is 0 Å². The van der Waals surface area contributed by atoms with Crippen molar-refractivity contribution in [2.45, 2.75) is 33.4 Å². The molecule has 2 aromatic carbocycles. The smallest absolute Gasteiger partial charge is 0.253 e. The first kappa shape index (κ1) is 24.6. The summed E-state index contributed by atoms with van der Waals surface area (Å²) in [4.78, 5) is 26.8. The molecule has 0 aliphatic heterocycles. The van der Waals surface area contributed by atoms with Crippen LogP contribution in [0.25, 0.3) is 0 Å². The Hall–Kier alpha value is -2.67. The molecule has 2 amide bonds. The van der Waals surface area contributed by atoms with Crippen molar-refractivity contribution in [2.75, 3.05) is 24.2 Å². The molecule has 7 heteroatoms. The first-order valence-corrected chi connectivity index (χ1v) is 12.3. The van der Waals surface area contributed by atoms with Gasteiger partial charge in [-0.1, -0.05) is 58.0 Å². The van der Waals surface area contributed by atoms with Crippen LogP contribution in [0.1, 0.15) is 43.6 Å². The van der Waals surface area contributed by atoms with Gasteiger partial charge in [-0.2, -0.15) is 0 Å². The highest BCUT2D eigenvalue weighted by Gasteiger charge is 2.20. The van der Waals surface area contributed by atoms with Crippen LogP contribution in [0, 0.1) is 11.8 Å². The van der Waals surface area contributed by atoms with Crippen LogP contribution in [0.3, 0.4) is 0 Å². The average molecular weight is 445 g/mol. The van der Waals surface area contributed by atoms with Crippen molar-refractivity contribution in [3.8, 4) is 0 Å². The first-order chi connectivity index (χ1) is 14.6. The van der Waals surface area contributed by atoms with Crippen LogP contribution in [-0.2, 0) is 20.4 Å². The summed E-state index contributed by atoms with van der Waals surface area (Å²) in [6.45, 7) is 9.63. The van der Waals surface area contributed by atoms with E-state index >= 15 is 0 Å². The van der Waals surface area contributed by atoms with E-state index in [4.69, 9.17) is 0 Å². The molecule has 6 nitrogen and oxygen atoms in total. The number of benzene rings is 2. The van der Waals surface area contributed by atoms with Crippen LogP contribution in [0.5, 0.6) is 0 Å². The Kier molecular flexibility index (Phi) is 8.80. The Morgan fingerprint density at radius 2 is 1.42 bits per heavy atom. The third-order valence-corrected chi connectivity index (χ3v) is 5.93. The minimum absolute atomic E-state index is 0.0564. The molecule has 1 N–H and O–H groups in total. The fourth-order valence-electron chi connectivity index (χ4n) is 3.27. The molecule has 2 aromatic rings. The maximum Gasteiger partial charge on any atom is 0.253 e. The van der Waals surface area contributed by atoms with Crippen molar-refractivity contribution in [1.29, 1.82) is 0 Å². The fourth-order valence-corrected chi connectivity index (χ4v) is 4.55. The van der Waals surface area contributed by atoms with E-state index < -0.39 is 21.5 Å². The second kappa shape index (κ2) is 11.1. The minimum Gasteiger partial charge on any atom is -0.338 e. The molecular weight excluding hydrogens is 412 g/mol. The van der Waals surface area contributed by atoms with Gasteiger partial charge < -0.3 is 10.2 Å². The molecule has 0 spiro atoms. The number of rotatable bonds is 10. The zero-order valence-electron chi connectivity index (χ0n) is 18.7. The summed E-state index contributed by atoms with van der Waals surface area (Å²) < 4.78 is 24.9. The molecule has 0 fully saturated rings. The van der Waals surface area contributed by atoms with Crippen LogP contribution in [0.15, 0.2) is 54.6 Å². The number of carbonyl (C=O) groups is 2. The van der Waals surface area contributed by atoms with E-state index in [-0.39, 0.29) is 11.7 Å². The van der Waals surface area contributed by atoms with Gasteiger partial charge in [-0.15, -0.1) is 0 Å². The van der Waals surface area contributed by atoms with Gasteiger partial charge in [0.1, 0.15) is 5.75 Å². The predicted octanol–water partition coefficient (Wildman–Crippen LogP) is 3.99. The summed E-state index contributed by atoms with van der Waals surface area (Å²) in [6.07, 6.45) is 0. The Morgan fingerprint density at radius 1 is 0.871 bits per heavy atom. The van der Waals surface area contributed by atoms with E-state index in [0.29, 0.717) is 41.7 Å². The zero-order valence-corrected chi connectivity index (χ0v) is 19.5. The molecular formula is C24H32N2O4S. The van der Waals surface area contributed by atoms with Gasteiger partial charge in [-0.3, -0.25) is 9.59 Å². The highest BCUT2D eigenvalue weighted by Crippen LogP contribution is 2.14. The highest BCUT2D eigenvalue weighted by atomic mass is 32.2. The van der Waals surface area contributed by atoms with Crippen molar-refractivity contribution in [2.24, 2.45) is 11.8 Å². The van der Waals surface area contributed by atoms with E-state index in [1.54, 1.807) is 48.5 Å². The van der Waals surface area contributed by atoms with Crippen LogP contribution in [0.2, 0.25) is 0 Å². The van der Waals surface area contributed by atoms with Crippen molar-refractivity contribution in [1.82, 2.24) is 4.90 Å². The van der Waals surface area contributed by atoms with E-state index in [9.17, 15) is 18.0 Å². The van der Waals surface area contributed by atoms with Gasteiger partial charge in [0.15, 0.2) is 9.84 Å². The largest absolute Gasteiger partial charge is 0.338 e. The first-order valence-electron chi connectivity index (χ1n) is 10.5. The third-order valence-electron chi connectivity index (χ3n) is 4.45. The maximum atomic E-state index is 12.9. The molecule has 168 valence electrons. The summed E-state index contributed by atoms with van der Waals surface area (Å²) >= 11 is 0. The van der Waals surface area contributed by atoms with Gasteiger partial charge in [0.25, 0.3) is 5.91 Å². The number of hydrogen-bond donors (Lipinski definition) is 1. The van der Waals surface area contributed by atoms with E-state index in [1.807, 2.05) is 11.0 Å². The molecule has 0 radical (unpaired) electrons. The molecule has 0 unspecified atom stereocenters. The Bertz CT molecular complexity index is 958. The van der Waals surface area contributed by atoms with E-state index in [0.717, 1.165) is 0 Å². The predicted molar refractivity (Wildman–Crippen MR) is 125 cm³/mol. The van der Waals surface area contributed by atoms with Crippen molar-refractivity contribution in [3.63, 3.8) is 0 Å². The molecule has 0 saturated heterocycles. The van der Waals surface area contributed by atoms with Gasteiger partial charge in [-0.25, -0.2) is 8.42 Å². The standard InChI is InChI=1S/C24H32N2O4S/c1-18(2)14-26(15-19(3)4)24(28)21-12-10-20(11-13-21)16-31(29,30)17-23(27)25-22-8-6-5-7-9-22/h5-13,18-19H,14-17H2,1-4H3,(H,25,27). The Labute approximate surface area is 185 Å². The lowest BCUT2D eigenvalue weighted by atomic mass is 10.1. The molecule has 0 bridgehead atoms. The molecule has 0 atom stereocenters. The van der Waals surface area contributed by atoms with Gasteiger partial charge in [0.05, 0.1) is 5.75 Å². The number of carbonyl (C=O) groups excluding carboxylic acids is 2. The second-order valence-electron chi connectivity index (χ2n) is 8.64. The van der Waals surface area contributed by atoms with E-state index in [2.05, 4.69) is 33.0 Å². The van der Waals surface area contributed by atoms with Crippen LogP contribution in [-0.4, -0.2) is 44.0 Å². The molecule has 0 aliphatic carbocycles. The lowest BCUT2D eigenvalue weighted by molar-refractivity contribution is -0.113. The maximum absolute atomic E-state index is 12.9. The number of para-hydroxylation sites is 1. The highest BCUT2D eigenvalue weighted by molar-refractivity contribution is 7.91. The molecule has 0 saturated carbocycles. The third kappa shape index (κ3) is 8.53. The summed E-state index contributed by atoms with van der Waals surface area (Å²) in [7, 11) is -3.64. The molecule has 0 aromatic heterocycles. The van der Waals surface area contributed by atoms with Crippen molar-refractivity contribution < 1.29 is 18.0 Å². The zero-order chi connectivity index (χ0) is 23.0. The topological polar surface area (TPSA) is 83.6 Å². The van der Waals surface area contributed by atoms with Crippen molar-refractivity contribution >= 4 is 27.3 Å². The molecule has 31 heavy (non-hydrogen) atoms. The number of anilines is 1. The minimum atomic E-state index is -3.64. The average Bonchev–Trinajstić information content (AvgIpc) is 2.66. The van der Waals surface area contributed by atoms with Gasteiger partial charge >= 0.3 is 0 Å². The monoisotopic (exact) mass is 444 g/mol. The lowest BCUT2D eigenvalue weighted by Crippen LogP contribution is -2.37. The number of sulfone groups is 1. The summed E-state index contributed by atoms with van der Waals surface area (Å²) in [5.74, 6) is -0.775. The number of amides is 2. The summed E-state index contributed by atoms with van der Waals surface area (Å²) in [6, 6.07) is 15.3. The van der Waals surface area contributed by atoms with Gasteiger partial charge in [0, 0.05) is 24.3 Å². The Balaban J connectivity index is 2.01. The quantitative estimate of drug-likeness (QED) is 0.600. The van der Waals surface area contributed by atoms with Gasteiger partial charge in [0.2, 0.25) is 5.91 Å². The van der Waals surface area contributed by atoms with Crippen LogP contribution in [0.4, 0.5) is 5.69 Å². The lowest BCUT2D eigenvalue weighted by Gasteiger charge is -2.26. The fraction of sp³-hybridized carbons (Fsp3) is 0.417. The number of nitrogens with one attached hydrogen (secondary N) is 1. The summed E-state index contributed by atoms with van der Waals surface area (Å²) in [5, 5.41) is 2.58. The normalized spacial score (nSPS) is 11.5. The molecule has 2 rings (SSSR count). The van der Waals surface area contributed by atoms with Gasteiger partial charge in [-0.05, 0) is 41.7 Å². The molecule has 0 heterocycles. The SMILES string of the molecule is CC(C)CN(CC(C)C)C(=O)c1ccc(CS(=O)(=O)CC(=O)Nc2ccccc2)cc1. The van der Waals surface area contributed by atoms with Crippen molar-refractivity contribution in [3.05, 3.63) is 65.7 Å². The Morgan fingerprint density at radius 3 is 1.94 bits per heavy atom. The number of hydrogen-bond acceptors (Lipinski definition) is 4.